The van der Waals surface area contributed by atoms with Crippen LogP contribution in [0.3, 0.4) is 0 Å². The van der Waals surface area contributed by atoms with Crippen molar-refractivity contribution in [2.75, 3.05) is 25.0 Å². The molecule has 1 fully saturated rings. The first-order valence-electron chi connectivity index (χ1n) is 12.5. The number of hydrogen-bond acceptors (Lipinski definition) is 7. The maximum absolute atomic E-state index is 14.1. The smallest absolute Gasteiger partial charge is 0.331 e. The van der Waals surface area contributed by atoms with E-state index >= 15 is 0 Å². The standard InChI is InChI=1S/C27H30N8O3/c1-4-5-13-34-23-22(21(24(36)29-2)25(34)33-12-6-7-18(28)16-33)32(3)27(38)35(26(23)37)15-17-8-9-19-20(14-17)31-11-10-30-19/h8-11,14,18H,6-7,12-13,15-16,28H2,1-3H3,(H,29,36). The SMILES string of the molecule is CC#CCn1c(N2CCCC(N)C2)c(C(=O)NC)c2c1c(=O)n(Cc1ccc3nccnc3c1)c(=O)n2C. The van der Waals surface area contributed by atoms with E-state index in [0.717, 1.165) is 23.9 Å². The number of fused-ring (bicyclic) bond motifs is 2. The molecule has 1 aromatic carbocycles. The molecule has 5 rings (SSSR count). The quantitative estimate of drug-likeness (QED) is 0.377. The minimum atomic E-state index is -0.521. The summed E-state index contributed by atoms with van der Waals surface area (Å²) in [7, 11) is 3.12. The third-order valence-corrected chi connectivity index (χ3v) is 7.01. The van der Waals surface area contributed by atoms with Crippen LogP contribution in [-0.2, 0) is 20.1 Å². The number of aryl methyl sites for hydroxylation is 1. The molecule has 11 heteroatoms. The maximum atomic E-state index is 14.1. The fraction of sp³-hybridized carbons (Fsp3) is 0.370. The lowest BCUT2D eigenvalue weighted by Crippen LogP contribution is -2.44. The molecule has 1 unspecified atom stereocenters. The number of piperidine rings is 1. The molecule has 1 amide bonds. The highest BCUT2D eigenvalue weighted by Gasteiger charge is 2.32. The first kappa shape index (κ1) is 25.2. The van der Waals surface area contributed by atoms with Crippen LogP contribution in [0, 0.1) is 11.8 Å². The average Bonchev–Trinajstić information content (AvgIpc) is 3.27. The second-order valence-corrected chi connectivity index (χ2v) is 9.45. The van der Waals surface area contributed by atoms with Crippen LogP contribution in [0.4, 0.5) is 5.82 Å². The summed E-state index contributed by atoms with van der Waals surface area (Å²) in [6, 6.07) is 5.38. The molecule has 0 aliphatic carbocycles. The molecule has 1 aliphatic heterocycles. The van der Waals surface area contributed by atoms with Gasteiger partial charge in [-0.1, -0.05) is 12.0 Å². The lowest BCUT2D eigenvalue weighted by Gasteiger charge is -2.33. The van der Waals surface area contributed by atoms with Crippen molar-refractivity contribution in [3.05, 3.63) is 62.6 Å². The molecule has 4 aromatic rings. The second-order valence-electron chi connectivity index (χ2n) is 9.45. The number of amides is 1. The van der Waals surface area contributed by atoms with Crippen molar-refractivity contribution in [2.45, 2.75) is 38.9 Å². The number of nitrogens with zero attached hydrogens (tertiary/aromatic N) is 6. The number of hydrogen-bond donors (Lipinski definition) is 2. The number of rotatable bonds is 5. The Bertz CT molecular complexity index is 1740. The Hall–Kier alpha value is -4.43. The van der Waals surface area contributed by atoms with Gasteiger partial charge in [-0.3, -0.25) is 28.7 Å². The Morgan fingerprint density at radius 1 is 1.16 bits per heavy atom. The van der Waals surface area contributed by atoms with Crippen molar-refractivity contribution in [1.29, 1.82) is 0 Å². The number of anilines is 1. The lowest BCUT2D eigenvalue weighted by molar-refractivity contribution is 0.0964. The molecule has 3 N–H and O–H groups in total. The van der Waals surface area contributed by atoms with Crippen molar-refractivity contribution in [3.63, 3.8) is 0 Å². The van der Waals surface area contributed by atoms with Crippen LogP contribution in [0.5, 0.6) is 0 Å². The predicted octanol–water partition coefficient (Wildman–Crippen LogP) is 0.804. The molecular weight excluding hydrogens is 484 g/mol. The van der Waals surface area contributed by atoms with Crippen LogP contribution >= 0.6 is 0 Å². The monoisotopic (exact) mass is 514 g/mol. The highest BCUT2D eigenvalue weighted by molar-refractivity contribution is 6.11. The lowest BCUT2D eigenvalue weighted by atomic mass is 10.1. The Kier molecular flexibility index (Phi) is 6.73. The minimum Gasteiger partial charge on any atom is -0.356 e. The van der Waals surface area contributed by atoms with Gasteiger partial charge in [0.25, 0.3) is 11.5 Å². The molecule has 0 bridgehead atoms. The molecule has 0 saturated carbocycles. The average molecular weight is 515 g/mol. The van der Waals surface area contributed by atoms with Crippen molar-refractivity contribution in [1.82, 2.24) is 29.0 Å². The first-order valence-corrected chi connectivity index (χ1v) is 12.5. The molecule has 1 saturated heterocycles. The van der Waals surface area contributed by atoms with Crippen LogP contribution in [0.25, 0.3) is 22.1 Å². The van der Waals surface area contributed by atoms with E-state index in [0.29, 0.717) is 24.4 Å². The molecule has 1 atom stereocenters. The van der Waals surface area contributed by atoms with Gasteiger partial charge in [0.05, 0.1) is 29.6 Å². The normalized spacial score (nSPS) is 15.5. The molecule has 3 aromatic heterocycles. The maximum Gasteiger partial charge on any atom is 0.331 e. The predicted molar refractivity (Wildman–Crippen MR) is 146 cm³/mol. The summed E-state index contributed by atoms with van der Waals surface area (Å²) in [5, 5.41) is 2.69. The Balaban J connectivity index is 1.79. The van der Waals surface area contributed by atoms with Gasteiger partial charge in [-0.25, -0.2) is 4.79 Å². The number of carbonyl (C=O) groups excluding carboxylic acids is 1. The third-order valence-electron chi connectivity index (χ3n) is 7.01. The molecule has 11 nitrogen and oxygen atoms in total. The molecule has 38 heavy (non-hydrogen) atoms. The summed E-state index contributed by atoms with van der Waals surface area (Å²) < 4.78 is 4.33. The fourth-order valence-electron chi connectivity index (χ4n) is 5.23. The Morgan fingerprint density at radius 2 is 1.92 bits per heavy atom. The molecule has 4 heterocycles. The molecular formula is C27H30N8O3. The zero-order valence-electron chi connectivity index (χ0n) is 21.7. The zero-order valence-corrected chi connectivity index (χ0v) is 21.7. The summed E-state index contributed by atoms with van der Waals surface area (Å²) >= 11 is 0. The largest absolute Gasteiger partial charge is 0.356 e. The van der Waals surface area contributed by atoms with Gasteiger partial charge in [-0.05, 0) is 37.5 Å². The van der Waals surface area contributed by atoms with Crippen molar-refractivity contribution in [3.8, 4) is 11.8 Å². The van der Waals surface area contributed by atoms with E-state index in [1.54, 1.807) is 30.9 Å². The summed E-state index contributed by atoms with van der Waals surface area (Å²) in [6.45, 7) is 3.15. The van der Waals surface area contributed by atoms with Crippen LogP contribution in [0.1, 0.15) is 35.7 Å². The highest BCUT2D eigenvalue weighted by atomic mass is 16.2. The third kappa shape index (κ3) is 4.22. The second kappa shape index (κ2) is 10.1. The van der Waals surface area contributed by atoms with Crippen molar-refractivity contribution >= 4 is 33.8 Å². The zero-order chi connectivity index (χ0) is 27.0. The Labute approximate surface area is 218 Å². The minimum absolute atomic E-state index is 0.0395. The van der Waals surface area contributed by atoms with Crippen LogP contribution in [0.2, 0.25) is 0 Å². The van der Waals surface area contributed by atoms with E-state index in [1.807, 2.05) is 23.1 Å². The summed E-state index contributed by atoms with van der Waals surface area (Å²) in [5.74, 6) is 6.10. The van der Waals surface area contributed by atoms with E-state index in [2.05, 4.69) is 27.1 Å². The van der Waals surface area contributed by atoms with Gasteiger partial charge in [0.2, 0.25) is 0 Å². The van der Waals surface area contributed by atoms with Crippen LogP contribution in [-0.4, -0.2) is 55.8 Å². The summed E-state index contributed by atoms with van der Waals surface area (Å²) in [6.07, 6.45) is 4.94. The molecule has 0 spiro atoms. The number of benzene rings is 1. The van der Waals surface area contributed by atoms with E-state index in [4.69, 9.17) is 5.73 Å². The number of nitrogens with one attached hydrogen (secondary N) is 1. The molecule has 1 aliphatic rings. The van der Waals surface area contributed by atoms with Gasteiger partial charge in [0.1, 0.15) is 16.9 Å². The van der Waals surface area contributed by atoms with Crippen LogP contribution in [0.15, 0.2) is 40.2 Å². The van der Waals surface area contributed by atoms with E-state index in [9.17, 15) is 14.4 Å². The Morgan fingerprint density at radius 3 is 2.63 bits per heavy atom. The number of nitrogens with two attached hydrogens (primary N) is 1. The van der Waals surface area contributed by atoms with Gasteiger partial charge in [-0.15, -0.1) is 5.92 Å². The van der Waals surface area contributed by atoms with Crippen molar-refractivity contribution < 1.29 is 4.79 Å². The summed E-state index contributed by atoms with van der Waals surface area (Å²) in [5.41, 5.74) is 8.22. The topological polar surface area (TPSA) is 133 Å². The van der Waals surface area contributed by atoms with E-state index in [1.165, 1.54) is 16.2 Å². The van der Waals surface area contributed by atoms with Crippen LogP contribution < -0.4 is 27.2 Å². The highest BCUT2D eigenvalue weighted by Crippen LogP contribution is 2.32. The summed E-state index contributed by atoms with van der Waals surface area (Å²) in [4.78, 5) is 51.6. The van der Waals surface area contributed by atoms with Gasteiger partial charge in [0.15, 0.2) is 0 Å². The first-order chi connectivity index (χ1) is 18.3. The van der Waals surface area contributed by atoms with Crippen molar-refractivity contribution in [2.24, 2.45) is 12.8 Å². The van der Waals surface area contributed by atoms with Gasteiger partial charge in [0, 0.05) is 45.6 Å². The number of carbonyl (C=O) groups is 1. The van der Waals surface area contributed by atoms with Gasteiger partial charge >= 0.3 is 5.69 Å². The molecule has 196 valence electrons. The van der Waals surface area contributed by atoms with E-state index in [-0.39, 0.29) is 41.6 Å². The fourth-order valence-corrected chi connectivity index (χ4v) is 5.23. The molecule has 0 radical (unpaired) electrons. The van der Waals surface area contributed by atoms with Gasteiger partial charge in [-0.2, -0.15) is 0 Å². The van der Waals surface area contributed by atoms with Gasteiger partial charge < -0.3 is 20.5 Å². The van der Waals surface area contributed by atoms with E-state index < -0.39 is 11.2 Å². The number of aromatic nitrogens is 5.